The molecule has 1 aromatic carbocycles. The van der Waals surface area contributed by atoms with Gasteiger partial charge < -0.3 is 0 Å². The summed E-state index contributed by atoms with van der Waals surface area (Å²) in [5, 5.41) is 0. The summed E-state index contributed by atoms with van der Waals surface area (Å²) in [6.45, 7) is 0. The molecule has 0 fully saturated rings. The lowest BCUT2D eigenvalue weighted by molar-refractivity contribution is 1.53. The lowest BCUT2D eigenvalue weighted by Gasteiger charge is -2.06. The van der Waals surface area contributed by atoms with Gasteiger partial charge in [0, 0.05) is 4.70 Å². The molecule has 0 aliphatic carbocycles. The van der Waals surface area contributed by atoms with Crippen LogP contribution >= 0.6 is 31.9 Å². The van der Waals surface area contributed by atoms with Crippen molar-refractivity contribution in [2.75, 3.05) is 6.26 Å². The number of hydrogen-bond acceptors (Lipinski definition) is 3. The van der Waals surface area contributed by atoms with Crippen LogP contribution in [0.4, 0.5) is 0 Å². The topological polar surface area (TPSA) is 17.1 Å². The van der Waals surface area contributed by atoms with E-state index >= 15 is 0 Å². The van der Waals surface area contributed by atoms with Crippen LogP contribution in [0.15, 0.2) is 27.9 Å². The Labute approximate surface area is 91.1 Å². The van der Waals surface area contributed by atoms with Crippen LogP contribution in [0.2, 0.25) is 0 Å². The molecule has 0 radical (unpaired) electrons. The Hall–Kier alpha value is -0.580. The van der Waals surface area contributed by atoms with Crippen molar-refractivity contribution in [3.63, 3.8) is 0 Å². The Morgan fingerprint density at radius 2 is 1.86 bits per heavy atom. The molecule has 0 bridgehead atoms. The average Bonchev–Trinajstić information content (AvgIpc) is 2.41. The van der Waals surface area contributed by atoms with Crippen LogP contribution < -0.4 is 4.06 Å². The minimum atomic E-state index is -1.18. The average molecular weight is 242 g/mol. The van der Waals surface area contributed by atoms with Crippen LogP contribution in [0.1, 0.15) is 0 Å². The van der Waals surface area contributed by atoms with Gasteiger partial charge in [0.15, 0.2) is 0 Å². The van der Waals surface area contributed by atoms with Crippen LogP contribution in [-0.2, 0) is 0 Å². The molecule has 0 N–H and O–H groups in total. The fourth-order valence-corrected chi connectivity index (χ4v) is 4.00. The molecule has 0 spiro atoms. The minimum Gasteiger partial charge on any atom is -0.265 e. The lowest BCUT2D eigenvalue weighted by Crippen LogP contribution is -1.76. The maximum atomic E-state index is 11.2. The first kappa shape index (κ1) is 9.96. The van der Waals surface area contributed by atoms with Crippen LogP contribution in [0.5, 0.6) is 0 Å². The summed E-state index contributed by atoms with van der Waals surface area (Å²) in [7, 11) is -1.18. The standard InChI is InChI=1S/C10H10OS3/c1-14(2,3)7-4-5-8-9(6-7)13-10(11)12-8/h4-6H,1-2H2,3H3. The summed E-state index contributed by atoms with van der Waals surface area (Å²) in [6, 6.07) is 6.07. The zero-order valence-corrected chi connectivity index (χ0v) is 10.2. The second-order valence-corrected chi connectivity index (χ2v) is 8.64. The zero-order valence-electron chi connectivity index (χ0n) is 7.78. The highest BCUT2D eigenvalue weighted by molar-refractivity contribution is 8.27. The Morgan fingerprint density at radius 3 is 2.50 bits per heavy atom. The Bertz CT molecular complexity index is 629. The molecule has 0 saturated carbocycles. The van der Waals surface area contributed by atoms with E-state index in [4.69, 9.17) is 0 Å². The summed E-state index contributed by atoms with van der Waals surface area (Å²) in [5.41, 5.74) is 0. The largest absolute Gasteiger partial charge is 0.288 e. The highest BCUT2D eigenvalue weighted by atomic mass is 32.2. The molecule has 0 aliphatic heterocycles. The number of fused-ring (bicyclic) bond motifs is 1. The quantitative estimate of drug-likeness (QED) is 0.703. The molecule has 1 heterocycles. The predicted octanol–water partition coefficient (Wildman–Crippen LogP) is 2.98. The van der Waals surface area contributed by atoms with Crippen LogP contribution in [0.3, 0.4) is 0 Å². The van der Waals surface area contributed by atoms with Gasteiger partial charge in [-0.15, -0.1) is 0 Å². The molecule has 14 heavy (non-hydrogen) atoms. The van der Waals surface area contributed by atoms with Gasteiger partial charge in [0.2, 0.25) is 0 Å². The zero-order chi connectivity index (χ0) is 10.3. The first-order valence-corrected chi connectivity index (χ1v) is 7.96. The molecule has 0 amide bonds. The van der Waals surface area contributed by atoms with Gasteiger partial charge >= 0.3 is 0 Å². The van der Waals surface area contributed by atoms with Crippen molar-refractivity contribution in [2.24, 2.45) is 0 Å². The van der Waals surface area contributed by atoms with Crippen molar-refractivity contribution in [3.8, 4) is 0 Å². The third kappa shape index (κ3) is 1.78. The van der Waals surface area contributed by atoms with E-state index < -0.39 is 9.21 Å². The third-order valence-corrected chi connectivity index (χ3v) is 5.36. The Morgan fingerprint density at radius 1 is 1.21 bits per heavy atom. The van der Waals surface area contributed by atoms with E-state index in [9.17, 15) is 4.79 Å². The van der Waals surface area contributed by atoms with Crippen molar-refractivity contribution < 1.29 is 0 Å². The molecule has 0 unspecified atom stereocenters. The van der Waals surface area contributed by atoms with E-state index in [1.807, 2.05) is 24.5 Å². The molecule has 0 saturated heterocycles. The molecular formula is C10H10OS3. The van der Waals surface area contributed by atoms with Crippen molar-refractivity contribution in [1.82, 2.24) is 0 Å². The van der Waals surface area contributed by atoms with Gasteiger partial charge in [-0.1, -0.05) is 34.4 Å². The summed E-state index contributed by atoms with van der Waals surface area (Å²) >= 11 is 2.61. The molecule has 2 rings (SSSR count). The fraction of sp³-hybridized carbons (Fsp3) is 0.100. The normalized spacial score (nSPS) is 12.1. The van der Waals surface area contributed by atoms with Crippen molar-refractivity contribution in [2.45, 2.75) is 4.90 Å². The molecule has 2 aromatic rings. The molecular weight excluding hydrogens is 232 g/mol. The van der Waals surface area contributed by atoms with E-state index in [1.165, 1.54) is 22.7 Å². The van der Waals surface area contributed by atoms with Crippen molar-refractivity contribution >= 4 is 53.0 Å². The van der Waals surface area contributed by atoms with E-state index in [1.54, 1.807) is 0 Å². The monoisotopic (exact) mass is 242 g/mol. The van der Waals surface area contributed by atoms with E-state index in [-0.39, 0.29) is 4.06 Å². The summed E-state index contributed by atoms with van der Waals surface area (Å²) in [6.07, 6.45) is 2.04. The smallest absolute Gasteiger partial charge is 0.265 e. The summed E-state index contributed by atoms with van der Waals surface area (Å²) in [5.74, 6) is 8.11. The van der Waals surface area contributed by atoms with Gasteiger partial charge in [0.05, 0.1) is 4.70 Å². The van der Waals surface area contributed by atoms with Crippen molar-refractivity contribution in [3.05, 3.63) is 27.0 Å². The van der Waals surface area contributed by atoms with Crippen LogP contribution in [0.25, 0.3) is 9.40 Å². The first-order valence-electron chi connectivity index (χ1n) is 3.95. The molecule has 0 aliphatic rings. The minimum absolute atomic E-state index is 0.155. The van der Waals surface area contributed by atoms with Gasteiger partial charge in [0.1, 0.15) is 0 Å². The molecule has 1 aromatic heterocycles. The molecule has 4 heteroatoms. The van der Waals surface area contributed by atoms with Gasteiger partial charge in [0.25, 0.3) is 4.06 Å². The Kier molecular flexibility index (Phi) is 2.29. The lowest BCUT2D eigenvalue weighted by atomic mass is 10.4. The molecule has 1 nitrogen and oxygen atoms in total. The first-order chi connectivity index (χ1) is 6.47. The predicted molar refractivity (Wildman–Crippen MR) is 72.0 cm³/mol. The van der Waals surface area contributed by atoms with Crippen LogP contribution in [-0.4, -0.2) is 18.0 Å². The van der Waals surface area contributed by atoms with E-state index in [0.717, 1.165) is 14.3 Å². The summed E-state index contributed by atoms with van der Waals surface area (Å²) in [4.78, 5) is 12.3. The molecule has 0 atom stereocenters. The number of benzene rings is 1. The third-order valence-electron chi connectivity index (χ3n) is 1.87. The highest BCUT2D eigenvalue weighted by Crippen LogP contribution is 2.32. The fourth-order valence-electron chi connectivity index (χ4n) is 1.16. The maximum Gasteiger partial charge on any atom is 0.288 e. The SMILES string of the molecule is C=S(=C)(C)c1ccc2sc(=O)sc2c1. The van der Waals surface area contributed by atoms with Gasteiger partial charge in [-0.2, -0.15) is 9.21 Å². The van der Waals surface area contributed by atoms with E-state index in [2.05, 4.69) is 11.7 Å². The Balaban J connectivity index is 2.80. The maximum absolute atomic E-state index is 11.2. The molecule has 74 valence electrons. The van der Waals surface area contributed by atoms with Gasteiger partial charge in [-0.25, -0.2) is 0 Å². The highest BCUT2D eigenvalue weighted by Gasteiger charge is 2.02. The van der Waals surface area contributed by atoms with Gasteiger partial charge in [-0.3, -0.25) is 4.79 Å². The number of hydrogen-bond donors (Lipinski definition) is 0. The van der Waals surface area contributed by atoms with E-state index in [0.29, 0.717) is 0 Å². The van der Waals surface area contributed by atoms with Crippen LogP contribution in [0, 0.1) is 0 Å². The summed E-state index contributed by atoms with van der Waals surface area (Å²) < 4.78 is 2.28. The van der Waals surface area contributed by atoms with Gasteiger partial charge in [-0.05, 0) is 29.4 Å². The number of rotatable bonds is 1. The van der Waals surface area contributed by atoms with Crippen molar-refractivity contribution in [1.29, 1.82) is 0 Å². The second kappa shape index (κ2) is 3.22. The second-order valence-electron chi connectivity index (χ2n) is 3.34.